The highest BCUT2D eigenvalue weighted by atomic mass is 19.1. The summed E-state index contributed by atoms with van der Waals surface area (Å²) in [5.41, 5.74) is 16.5. The van der Waals surface area contributed by atoms with Crippen molar-refractivity contribution in [2.45, 2.75) is 32.2 Å². The van der Waals surface area contributed by atoms with Gasteiger partial charge in [-0.1, -0.05) is 42.5 Å². The van der Waals surface area contributed by atoms with Crippen LogP contribution in [-0.2, 0) is 17.8 Å². The van der Waals surface area contributed by atoms with Crippen LogP contribution in [0, 0.1) is 11.7 Å². The molecule has 0 aromatic heterocycles. The summed E-state index contributed by atoms with van der Waals surface area (Å²) in [6.45, 7) is 3.49. The molecule has 7 nitrogen and oxygen atoms in total. The summed E-state index contributed by atoms with van der Waals surface area (Å²) in [5.74, 6) is -0.177. The molecule has 2 amide bonds. The summed E-state index contributed by atoms with van der Waals surface area (Å²) in [6, 6.07) is 21.8. The number of rotatable bonds is 8. The number of benzene rings is 3. The van der Waals surface area contributed by atoms with Crippen LogP contribution in [0.4, 0.5) is 10.1 Å². The number of halogens is 1. The van der Waals surface area contributed by atoms with Gasteiger partial charge in [0.25, 0.3) is 5.91 Å². The predicted molar refractivity (Wildman–Crippen MR) is 156 cm³/mol. The Kier molecular flexibility index (Phi) is 8.45. The van der Waals surface area contributed by atoms with Gasteiger partial charge in [0.15, 0.2) is 0 Å². The van der Waals surface area contributed by atoms with E-state index in [1.54, 1.807) is 30.3 Å². The number of hydrogen-bond donors (Lipinski definition) is 3. The molecule has 3 aromatic carbocycles. The lowest BCUT2D eigenvalue weighted by Crippen LogP contribution is -2.40. The Bertz CT molecular complexity index is 1400. The first-order valence-electron chi connectivity index (χ1n) is 13.8. The molecule has 0 atom stereocenters. The van der Waals surface area contributed by atoms with Gasteiger partial charge in [0.05, 0.1) is 24.4 Å². The highest BCUT2D eigenvalue weighted by molar-refractivity contribution is 6.03. The molecule has 5 N–H and O–H groups in total. The Morgan fingerprint density at radius 3 is 2.45 bits per heavy atom. The van der Waals surface area contributed by atoms with Crippen LogP contribution >= 0.6 is 0 Å². The zero-order valence-electron chi connectivity index (χ0n) is 22.6. The second-order valence-electron chi connectivity index (χ2n) is 10.7. The number of nitrogens with one attached hydrogen (secondary N) is 1. The van der Waals surface area contributed by atoms with Crippen molar-refractivity contribution in [1.29, 1.82) is 0 Å². The van der Waals surface area contributed by atoms with Crippen molar-refractivity contribution >= 4 is 23.2 Å². The molecular formula is C32H36FN5O2. The molecule has 0 aliphatic carbocycles. The Hall–Kier alpha value is -4.17. The molecule has 40 heavy (non-hydrogen) atoms. The van der Waals surface area contributed by atoms with E-state index in [2.05, 4.69) is 40.5 Å². The van der Waals surface area contributed by atoms with Crippen molar-refractivity contribution in [1.82, 2.24) is 10.2 Å². The number of carbonyl (C=O) groups is 2. The van der Waals surface area contributed by atoms with Crippen LogP contribution in [0.2, 0.25) is 0 Å². The highest BCUT2D eigenvalue weighted by Gasteiger charge is 2.27. The lowest BCUT2D eigenvalue weighted by molar-refractivity contribution is -0.118. The molecule has 0 unspecified atom stereocenters. The highest BCUT2D eigenvalue weighted by Crippen LogP contribution is 2.33. The second kappa shape index (κ2) is 12.3. The molecule has 208 valence electrons. The van der Waals surface area contributed by atoms with Gasteiger partial charge in [-0.25, -0.2) is 4.39 Å². The Morgan fingerprint density at radius 2 is 1.70 bits per heavy atom. The Balaban J connectivity index is 1.21. The van der Waals surface area contributed by atoms with E-state index in [0.29, 0.717) is 40.5 Å². The maximum absolute atomic E-state index is 13.8. The molecule has 1 saturated heterocycles. The average Bonchev–Trinajstić information content (AvgIpc) is 3.04. The third-order valence-corrected chi connectivity index (χ3v) is 7.85. The molecule has 8 heteroatoms. The summed E-state index contributed by atoms with van der Waals surface area (Å²) in [7, 11) is 0. The Labute approximate surface area is 234 Å². The molecule has 5 rings (SSSR count). The van der Waals surface area contributed by atoms with Crippen molar-refractivity contribution in [2.75, 3.05) is 31.1 Å². The van der Waals surface area contributed by atoms with Gasteiger partial charge in [0.1, 0.15) is 5.82 Å². The van der Waals surface area contributed by atoms with Gasteiger partial charge in [-0.15, -0.1) is 0 Å². The smallest absolute Gasteiger partial charge is 0.251 e. The minimum atomic E-state index is -0.384. The number of fused-ring (bicyclic) bond motifs is 1. The molecule has 2 aliphatic rings. The van der Waals surface area contributed by atoms with Crippen molar-refractivity contribution < 1.29 is 14.0 Å². The molecule has 3 aromatic rings. The summed E-state index contributed by atoms with van der Waals surface area (Å²) < 4.78 is 13.8. The van der Waals surface area contributed by atoms with Gasteiger partial charge >= 0.3 is 0 Å². The largest absolute Gasteiger partial charge is 0.400 e. The monoisotopic (exact) mass is 541 g/mol. The summed E-state index contributed by atoms with van der Waals surface area (Å²) in [6.07, 6.45) is 3.37. The summed E-state index contributed by atoms with van der Waals surface area (Å²) in [5, 5.41) is 3.02. The normalized spacial score (nSPS) is 16.5. The second-order valence-corrected chi connectivity index (χ2v) is 10.7. The maximum atomic E-state index is 13.8. The first kappa shape index (κ1) is 27.4. The third-order valence-electron chi connectivity index (χ3n) is 7.85. The van der Waals surface area contributed by atoms with Crippen LogP contribution in [0.25, 0.3) is 5.70 Å². The van der Waals surface area contributed by atoms with Gasteiger partial charge in [-0.3, -0.25) is 9.59 Å². The number of carbonyl (C=O) groups excluding carboxylic acids is 2. The topological polar surface area (TPSA) is 105 Å². The van der Waals surface area contributed by atoms with Crippen LogP contribution in [0.3, 0.4) is 0 Å². The first-order chi connectivity index (χ1) is 19.4. The van der Waals surface area contributed by atoms with Gasteiger partial charge in [-0.05, 0) is 79.7 Å². The lowest BCUT2D eigenvalue weighted by Gasteiger charge is -2.32. The van der Waals surface area contributed by atoms with Crippen molar-refractivity contribution in [3.63, 3.8) is 0 Å². The summed E-state index contributed by atoms with van der Waals surface area (Å²) in [4.78, 5) is 30.1. The minimum Gasteiger partial charge on any atom is -0.400 e. The zero-order valence-corrected chi connectivity index (χ0v) is 22.6. The van der Waals surface area contributed by atoms with Crippen LogP contribution in [-0.4, -0.2) is 42.9 Å². The van der Waals surface area contributed by atoms with Gasteiger partial charge in [-0.2, -0.15) is 0 Å². The van der Waals surface area contributed by atoms with Crippen molar-refractivity contribution in [3.8, 4) is 0 Å². The number of hydrogen-bond acceptors (Lipinski definition) is 5. The number of piperidine rings is 1. The number of likely N-dealkylation sites (tertiary alicyclic amines) is 1. The molecule has 0 saturated carbocycles. The van der Waals surface area contributed by atoms with E-state index in [1.807, 2.05) is 0 Å². The SMILES string of the molecule is NC1=C(N)c2ccc(C(=O)NCCN3CCC(Cc4ccccc4)CC3)cc2N(Cc2cccc(F)c2)C(=O)C1. The molecule has 0 bridgehead atoms. The molecule has 0 spiro atoms. The van der Waals surface area contributed by atoms with E-state index < -0.39 is 0 Å². The van der Waals surface area contributed by atoms with Crippen LogP contribution < -0.4 is 21.7 Å². The molecule has 2 aliphatic heterocycles. The number of amides is 2. The minimum absolute atomic E-state index is 0.0562. The van der Waals surface area contributed by atoms with Crippen LogP contribution in [0.15, 0.2) is 78.5 Å². The molecule has 2 heterocycles. The maximum Gasteiger partial charge on any atom is 0.251 e. The van der Waals surface area contributed by atoms with Crippen LogP contribution in [0.5, 0.6) is 0 Å². The number of anilines is 1. The van der Waals surface area contributed by atoms with E-state index in [1.165, 1.54) is 22.6 Å². The van der Waals surface area contributed by atoms with E-state index in [-0.39, 0.29) is 36.3 Å². The number of nitrogens with two attached hydrogens (primary N) is 2. The summed E-state index contributed by atoms with van der Waals surface area (Å²) >= 11 is 0. The molecule has 0 radical (unpaired) electrons. The van der Waals surface area contributed by atoms with E-state index in [9.17, 15) is 14.0 Å². The first-order valence-corrected chi connectivity index (χ1v) is 13.8. The number of nitrogens with zero attached hydrogens (tertiary/aromatic N) is 2. The average molecular weight is 542 g/mol. The van der Waals surface area contributed by atoms with Gasteiger partial charge in [0, 0.05) is 29.9 Å². The van der Waals surface area contributed by atoms with Crippen LogP contribution in [0.1, 0.15) is 46.3 Å². The fraction of sp³-hybridized carbons (Fsp3) is 0.312. The van der Waals surface area contributed by atoms with Gasteiger partial charge < -0.3 is 26.6 Å². The molecular weight excluding hydrogens is 505 g/mol. The predicted octanol–water partition coefficient (Wildman–Crippen LogP) is 4.03. The quantitative estimate of drug-likeness (QED) is 0.399. The fourth-order valence-corrected chi connectivity index (χ4v) is 5.57. The Morgan fingerprint density at radius 1 is 0.950 bits per heavy atom. The standard InChI is InChI=1S/C32H36FN5O2/c33-26-8-4-7-24(18-26)21-38-29-19-25(9-10-27(29)31(35)28(34)20-30(38)39)32(40)36-13-16-37-14-11-23(12-15-37)17-22-5-2-1-3-6-22/h1-10,18-19,23H,11-17,20-21,34-35H2,(H,36,40). The van der Waals surface area contributed by atoms with Crippen molar-refractivity contribution in [3.05, 3.63) is 107 Å². The van der Waals surface area contributed by atoms with E-state index in [4.69, 9.17) is 11.5 Å². The lowest BCUT2D eigenvalue weighted by atomic mass is 9.90. The van der Waals surface area contributed by atoms with Gasteiger partial charge in [0.2, 0.25) is 5.91 Å². The fourth-order valence-electron chi connectivity index (χ4n) is 5.57. The third kappa shape index (κ3) is 6.51. The zero-order chi connectivity index (χ0) is 28.1. The molecule has 1 fully saturated rings. The van der Waals surface area contributed by atoms with Crippen molar-refractivity contribution in [2.24, 2.45) is 17.4 Å². The van der Waals surface area contributed by atoms with E-state index >= 15 is 0 Å². The van der Waals surface area contributed by atoms with E-state index in [0.717, 1.165) is 38.9 Å².